The van der Waals surface area contributed by atoms with Crippen LogP contribution in [0.25, 0.3) is 0 Å². The first kappa shape index (κ1) is 37.6. The highest BCUT2D eigenvalue weighted by atomic mass is 35.5. The van der Waals surface area contributed by atoms with Gasteiger partial charge in [-0.1, -0.05) is 91.1 Å². The molecule has 0 aliphatic carbocycles. The predicted octanol–water partition coefficient (Wildman–Crippen LogP) is 6.93. The summed E-state index contributed by atoms with van der Waals surface area (Å²) in [5.74, 6) is -0.254. The summed E-state index contributed by atoms with van der Waals surface area (Å²) in [4.78, 5) is 30.1. The lowest BCUT2D eigenvalue weighted by Gasteiger charge is -2.34. The molecule has 0 spiro atoms. The summed E-state index contributed by atoms with van der Waals surface area (Å²) >= 11 is 13.2. The highest BCUT2D eigenvalue weighted by Crippen LogP contribution is 2.34. The Kier molecular flexibility index (Phi) is 13.0. The summed E-state index contributed by atoms with van der Waals surface area (Å²) in [6, 6.07) is 24.2. The first-order valence-electron chi connectivity index (χ1n) is 15.7. The number of aryl methyl sites for hydroxylation is 1. The number of anilines is 1. The third kappa shape index (κ3) is 9.47. The average Bonchev–Trinajstić information content (AvgIpc) is 3.08. The number of carbonyl (C=O) groups is 2. The molecular formula is C37H41Cl2N3O6S. The van der Waals surface area contributed by atoms with Crippen molar-refractivity contribution in [3.8, 4) is 11.5 Å². The molecule has 12 heteroatoms. The third-order valence-corrected chi connectivity index (χ3v) is 10.4. The zero-order chi connectivity index (χ0) is 35.7. The van der Waals surface area contributed by atoms with Crippen LogP contribution in [0.1, 0.15) is 30.5 Å². The van der Waals surface area contributed by atoms with Crippen LogP contribution in [0.15, 0.2) is 95.9 Å². The van der Waals surface area contributed by atoms with Crippen molar-refractivity contribution in [3.63, 3.8) is 0 Å². The Balaban J connectivity index is 1.87. The fourth-order valence-electron chi connectivity index (χ4n) is 5.18. The van der Waals surface area contributed by atoms with E-state index in [9.17, 15) is 18.0 Å². The van der Waals surface area contributed by atoms with Gasteiger partial charge >= 0.3 is 0 Å². The number of amides is 2. The SMILES string of the molecule is COc1ccc(N(CC(=O)N(Cc2c(Cl)cccc2Cl)[C@@H](Cc2ccccc2)C(=O)NCC(C)C)S(=O)(=O)c2ccc(C)cc2)cc1OC. The van der Waals surface area contributed by atoms with E-state index >= 15 is 0 Å². The number of halogens is 2. The Labute approximate surface area is 298 Å². The smallest absolute Gasteiger partial charge is 0.264 e. The van der Waals surface area contributed by atoms with Gasteiger partial charge in [0.1, 0.15) is 12.6 Å². The van der Waals surface area contributed by atoms with Gasteiger partial charge in [0, 0.05) is 41.2 Å². The van der Waals surface area contributed by atoms with Gasteiger partial charge in [-0.2, -0.15) is 0 Å². The lowest BCUT2D eigenvalue weighted by Crippen LogP contribution is -2.53. The Bertz CT molecular complexity index is 1830. The molecule has 0 heterocycles. The molecule has 0 saturated carbocycles. The van der Waals surface area contributed by atoms with Gasteiger partial charge in [-0.05, 0) is 54.8 Å². The van der Waals surface area contributed by atoms with Gasteiger partial charge in [-0.3, -0.25) is 13.9 Å². The van der Waals surface area contributed by atoms with E-state index in [0.717, 1.165) is 15.4 Å². The molecule has 4 aromatic carbocycles. The van der Waals surface area contributed by atoms with Crippen molar-refractivity contribution in [2.75, 3.05) is 31.6 Å². The van der Waals surface area contributed by atoms with Gasteiger partial charge in [0.2, 0.25) is 11.8 Å². The minimum absolute atomic E-state index is 0.0168. The number of rotatable bonds is 15. The Morgan fingerprint density at radius 1 is 0.837 bits per heavy atom. The van der Waals surface area contributed by atoms with E-state index in [1.807, 2.05) is 51.1 Å². The third-order valence-electron chi connectivity index (χ3n) is 7.89. The lowest BCUT2D eigenvalue weighted by atomic mass is 10.0. The van der Waals surface area contributed by atoms with Crippen LogP contribution in [0, 0.1) is 12.8 Å². The lowest BCUT2D eigenvalue weighted by molar-refractivity contribution is -0.140. The van der Waals surface area contributed by atoms with E-state index in [1.54, 1.807) is 36.4 Å². The average molecular weight is 727 g/mol. The zero-order valence-electron chi connectivity index (χ0n) is 28.2. The summed E-state index contributed by atoms with van der Waals surface area (Å²) in [6.45, 7) is 5.34. The van der Waals surface area contributed by atoms with Crippen LogP contribution in [0.5, 0.6) is 11.5 Å². The topological polar surface area (TPSA) is 105 Å². The summed E-state index contributed by atoms with van der Waals surface area (Å²) < 4.78 is 40.6. The number of benzene rings is 4. The van der Waals surface area contributed by atoms with Gasteiger partial charge in [0.25, 0.3) is 10.0 Å². The molecule has 1 atom stereocenters. The van der Waals surface area contributed by atoms with Gasteiger partial charge in [0.15, 0.2) is 11.5 Å². The number of hydrogen-bond donors (Lipinski definition) is 1. The van der Waals surface area contributed by atoms with Crippen molar-refractivity contribution in [1.29, 1.82) is 0 Å². The van der Waals surface area contributed by atoms with Gasteiger partial charge in [-0.15, -0.1) is 0 Å². The number of ether oxygens (including phenoxy) is 2. The van der Waals surface area contributed by atoms with E-state index in [1.165, 1.54) is 43.4 Å². The number of methoxy groups -OCH3 is 2. The van der Waals surface area contributed by atoms with Crippen molar-refractivity contribution in [1.82, 2.24) is 10.2 Å². The number of sulfonamides is 1. The fourth-order valence-corrected chi connectivity index (χ4v) is 7.10. The molecule has 49 heavy (non-hydrogen) atoms. The molecule has 0 aliphatic rings. The molecule has 9 nitrogen and oxygen atoms in total. The maximum absolute atomic E-state index is 14.7. The van der Waals surface area contributed by atoms with E-state index in [2.05, 4.69) is 5.32 Å². The predicted molar refractivity (Wildman–Crippen MR) is 194 cm³/mol. The normalized spacial score (nSPS) is 11.9. The fraction of sp³-hybridized carbons (Fsp3) is 0.297. The monoisotopic (exact) mass is 725 g/mol. The largest absolute Gasteiger partial charge is 0.493 e. The first-order valence-corrected chi connectivity index (χ1v) is 17.9. The molecule has 4 aromatic rings. The molecule has 0 bridgehead atoms. The minimum Gasteiger partial charge on any atom is -0.493 e. The maximum atomic E-state index is 14.7. The second kappa shape index (κ2) is 16.9. The standard InChI is InChI=1S/C37H41Cl2N3O6S/c1-25(2)22-40-37(44)33(20-27-10-7-6-8-11-27)41(23-30-31(38)12-9-13-32(30)39)36(43)24-42(28-16-19-34(47-4)35(21-28)48-5)49(45,46)29-17-14-26(3)15-18-29/h6-19,21,25,33H,20,22-24H2,1-5H3,(H,40,44)/t33-/m0/s1. The summed E-state index contributed by atoms with van der Waals surface area (Å²) in [6.07, 6.45) is 0.152. The van der Waals surface area contributed by atoms with Crippen molar-refractivity contribution < 1.29 is 27.5 Å². The number of carbonyl (C=O) groups excluding carboxylic acids is 2. The Hall–Kier alpha value is -4.25. The quantitative estimate of drug-likeness (QED) is 0.143. The molecule has 4 rings (SSSR count). The molecule has 0 radical (unpaired) electrons. The van der Waals surface area contributed by atoms with Gasteiger partial charge in [0.05, 0.1) is 24.8 Å². The van der Waals surface area contributed by atoms with Crippen LogP contribution in [-0.2, 0) is 32.6 Å². The molecule has 0 aliphatic heterocycles. The molecular weight excluding hydrogens is 685 g/mol. The van der Waals surface area contributed by atoms with Gasteiger partial charge in [-0.25, -0.2) is 8.42 Å². The molecule has 1 N–H and O–H groups in total. The molecule has 260 valence electrons. The summed E-state index contributed by atoms with van der Waals surface area (Å²) in [5, 5.41) is 3.57. The van der Waals surface area contributed by atoms with E-state index < -0.39 is 34.4 Å². The van der Waals surface area contributed by atoms with Crippen LogP contribution < -0.4 is 19.1 Å². The Morgan fingerprint density at radius 3 is 2.06 bits per heavy atom. The van der Waals surface area contributed by atoms with Crippen molar-refractivity contribution in [3.05, 3.63) is 118 Å². The molecule has 0 fully saturated rings. The summed E-state index contributed by atoms with van der Waals surface area (Å²) in [5.41, 5.74) is 2.25. The summed E-state index contributed by atoms with van der Waals surface area (Å²) in [7, 11) is -1.42. The van der Waals surface area contributed by atoms with Crippen LogP contribution in [-0.4, -0.2) is 58.5 Å². The van der Waals surface area contributed by atoms with Crippen molar-refractivity contribution >= 4 is 50.7 Å². The zero-order valence-corrected chi connectivity index (χ0v) is 30.5. The molecule has 0 aromatic heterocycles. The second-order valence-electron chi connectivity index (χ2n) is 11.9. The highest BCUT2D eigenvalue weighted by molar-refractivity contribution is 7.92. The van der Waals surface area contributed by atoms with E-state index in [0.29, 0.717) is 27.9 Å². The maximum Gasteiger partial charge on any atom is 0.264 e. The van der Waals surface area contributed by atoms with Crippen LogP contribution in [0.4, 0.5) is 5.69 Å². The van der Waals surface area contributed by atoms with Crippen molar-refractivity contribution in [2.24, 2.45) is 5.92 Å². The van der Waals surface area contributed by atoms with E-state index in [4.69, 9.17) is 32.7 Å². The van der Waals surface area contributed by atoms with Crippen LogP contribution in [0.2, 0.25) is 10.0 Å². The number of nitrogens with zero attached hydrogens (tertiary/aromatic N) is 2. The molecule has 2 amide bonds. The molecule has 0 unspecified atom stereocenters. The number of hydrogen-bond acceptors (Lipinski definition) is 6. The van der Waals surface area contributed by atoms with Crippen LogP contribution >= 0.6 is 23.2 Å². The second-order valence-corrected chi connectivity index (χ2v) is 14.6. The number of nitrogens with one attached hydrogen (secondary N) is 1. The van der Waals surface area contributed by atoms with Gasteiger partial charge < -0.3 is 19.7 Å². The highest BCUT2D eigenvalue weighted by Gasteiger charge is 2.35. The minimum atomic E-state index is -4.32. The van der Waals surface area contributed by atoms with Crippen LogP contribution in [0.3, 0.4) is 0 Å². The first-order chi connectivity index (χ1) is 23.3. The molecule has 0 saturated heterocycles. The van der Waals surface area contributed by atoms with Crippen molar-refractivity contribution in [2.45, 2.75) is 44.7 Å². The van der Waals surface area contributed by atoms with E-state index in [-0.39, 0.29) is 35.2 Å². The Morgan fingerprint density at radius 2 is 1.47 bits per heavy atom.